The molecule has 110 valence electrons. The van der Waals surface area contributed by atoms with Crippen molar-refractivity contribution in [1.82, 2.24) is 20.2 Å². The van der Waals surface area contributed by atoms with Crippen LogP contribution in [0.15, 0.2) is 48.7 Å². The van der Waals surface area contributed by atoms with Crippen LogP contribution in [0, 0.1) is 5.82 Å². The van der Waals surface area contributed by atoms with Crippen LogP contribution in [0.2, 0.25) is 0 Å². The van der Waals surface area contributed by atoms with Crippen molar-refractivity contribution in [3.63, 3.8) is 0 Å². The van der Waals surface area contributed by atoms with Gasteiger partial charge < -0.3 is 4.98 Å². The molecule has 2 aromatic heterocycles. The summed E-state index contributed by atoms with van der Waals surface area (Å²) in [6.45, 7) is 0. The molecule has 22 heavy (non-hydrogen) atoms. The highest BCUT2D eigenvalue weighted by Gasteiger charge is 2.10. The minimum Gasteiger partial charge on any atom is -0.306 e. The van der Waals surface area contributed by atoms with Gasteiger partial charge in [-0.2, -0.15) is 0 Å². The monoisotopic (exact) mass is 297 g/mol. The second kappa shape index (κ2) is 6.13. The molecule has 0 radical (unpaired) electrons. The van der Waals surface area contributed by atoms with E-state index in [2.05, 4.69) is 25.5 Å². The molecule has 0 aliphatic carbocycles. The van der Waals surface area contributed by atoms with Crippen LogP contribution in [-0.4, -0.2) is 26.1 Å². The third-order valence-corrected chi connectivity index (χ3v) is 2.91. The summed E-state index contributed by atoms with van der Waals surface area (Å²) in [6.07, 6.45) is 1.69. The van der Waals surface area contributed by atoms with E-state index >= 15 is 0 Å². The van der Waals surface area contributed by atoms with E-state index in [1.807, 2.05) is 6.07 Å². The number of nitrogens with zero attached hydrogens (tertiary/aromatic N) is 3. The number of nitrogens with one attached hydrogen (secondary N) is 2. The van der Waals surface area contributed by atoms with Gasteiger partial charge in [-0.25, -0.2) is 4.39 Å². The molecule has 0 fully saturated rings. The third-order valence-electron chi connectivity index (χ3n) is 2.91. The van der Waals surface area contributed by atoms with Crippen LogP contribution >= 0.6 is 0 Å². The highest BCUT2D eigenvalue weighted by atomic mass is 19.1. The average Bonchev–Trinajstić information content (AvgIpc) is 2.96. The van der Waals surface area contributed by atoms with Gasteiger partial charge in [-0.1, -0.05) is 18.2 Å². The Hall–Kier alpha value is -3.09. The summed E-state index contributed by atoms with van der Waals surface area (Å²) in [7, 11) is 0. The minimum atomic E-state index is -0.373. The summed E-state index contributed by atoms with van der Waals surface area (Å²) in [5.74, 6) is 0.000404. The van der Waals surface area contributed by atoms with Crippen molar-refractivity contribution in [2.24, 2.45) is 0 Å². The lowest BCUT2D eigenvalue weighted by Gasteiger charge is -2.01. The van der Waals surface area contributed by atoms with Gasteiger partial charge in [0.1, 0.15) is 11.5 Å². The number of halogens is 1. The normalized spacial score (nSPS) is 10.4. The lowest BCUT2D eigenvalue weighted by molar-refractivity contribution is -0.115. The van der Waals surface area contributed by atoms with Crippen LogP contribution in [0.4, 0.5) is 10.3 Å². The Balaban J connectivity index is 1.66. The first kappa shape index (κ1) is 13.9. The zero-order chi connectivity index (χ0) is 15.4. The molecule has 3 aromatic rings. The SMILES string of the molecule is O=C(Cc1cccc(F)c1)Nc1nnc(-c2ccccn2)[nH]1. The average molecular weight is 297 g/mol. The quantitative estimate of drug-likeness (QED) is 0.773. The number of carbonyl (C=O) groups excluding carboxylic acids is 1. The Labute approximate surface area is 125 Å². The Bertz CT molecular complexity index is 787. The first-order chi connectivity index (χ1) is 10.7. The predicted molar refractivity (Wildman–Crippen MR) is 78.3 cm³/mol. The Morgan fingerprint density at radius 2 is 2.09 bits per heavy atom. The summed E-state index contributed by atoms with van der Waals surface area (Å²) >= 11 is 0. The van der Waals surface area contributed by atoms with Gasteiger partial charge in [0.2, 0.25) is 11.9 Å². The van der Waals surface area contributed by atoms with Gasteiger partial charge in [0.05, 0.1) is 6.42 Å². The van der Waals surface area contributed by atoms with Crippen molar-refractivity contribution in [2.45, 2.75) is 6.42 Å². The van der Waals surface area contributed by atoms with Crippen molar-refractivity contribution < 1.29 is 9.18 Å². The molecule has 3 rings (SSSR count). The fourth-order valence-corrected chi connectivity index (χ4v) is 1.95. The largest absolute Gasteiger partial charge is 0.306 e. The molecule has 0 spiro atoms. The van der Waals surface area contributed by atoms with E-state index in [1.54, 1.807) is 30.5 Å². The maximum atomic E-state index is 13.1. The fraction of sp³-hybridized carbons (Fsp3) is 0.0667. The second-order valence-electron chi connectivity index (χ2n) is 4.59. The van der Waals surface area contributed by atoms with Gasteiger partial charge >= 0.3 is 0 Å². The number of hydrogen-bond donors (Lipinski definition) is 2. The summed E-state index contributed by atoms with van der Waals surface area (Å²) in [5.41, 5.74) is 1.21. The van der Waals surface area contributed by atoms with Gasteiger partial charge in [0, 0.05) is 6.20 Å². The number of benzene rings is 1. The molecule has 7 heteroatoms. The van der Waals surface area contributed by atoms with Crippen LogP contribution in [-0.2, 0) is 11.2 Å². The number of amides is 1. The molecule has 0 aliphatic heterocycles. The predicted octanol–water partition coefficient (Wildman–Crippen LogP) is 2.19. The maximum absolute atomic E-state index is 13.1. The van der Waals surface area contributed by atoms with E-state index in [1.165, 1.54) is 12.1 Å². The molecule has 0 saturated heterocycles. The topological polar surface area (TPSA) is 83.6 Å². The van der Waals surface area contributed by atoms with E-state index in [4.69, 9.17) is 0 Å². The van der Waals surface area contributed by atoms with E-state index in [-0.39, 0.29) is 24.1 Å². The zero-order valence-corrected chi connectivity index (χ0v) is 11.5. The fourth-order valence-electron chi connectivity index (χ4n) is 1.95. The number of H-pyrrole nitrogens is 1. The maximum Gasteiger partial charge on any atom is 0.231 e. The van der Waals surface area contributed by atoms with Gasteiger partial charge in [-0.05, 0) is 29.8 Å². The molecule has 0 atom stereocenters. The van der Waals surface area contributed by atoms with Crippen molar-refractivity contribution in [3.8, 4) is 11.5 Å². The lowest BCUT2D eigenvalue weighted by atomic mass is 10.1. The Morgan fingerprint density at radius 1 is 1.18 bits per heavy atom. The first-order valence-electron chi connectivity index (χ1n) is 6.59. The number of anilines is 1. The molecular formula is C15H12FN5O. The Kier molecular flexibility index (Phi) is 3.86. The third kappa shape index (κ3) is 3.32. The first-order valence-corrected chi connectivity index (χ1v) is 6.59. The molecule has 1 amide bonds. The smallest absolute Gasteiger partial charge is 0.231 e. The van der Waals surface area contributed by atoms with Gasteiger partial charge in [0.15, 0.2) is 5.82 Å². The van der Waals surface area contributed by atoms with Crippen molar-refractivity contribution in [3.05, 3.63) is 60.0 Å². The molecule has 1 aromatic carbocycles. The van der Waals surface area contributed by atoms with Crippen LogP contribution in [0.1, 0.15) is 5.56 Å². The number of rotatable bonds is 4. The Morgan fingerprint density at radius 3 is 2.86 bits per heavy atom. The highest BCUT2D eigenvalue weighted by molar-refractivity contribution is 5.90. The lowest BCUT2D eigenvalue weighted by Crippen LogP contribution is -2.15. The molecule has 2 N–H and O–H groups in total. The molecule has 2 heterocycles. The number of pyridine rings is 1. The molecule has 0 aliphatic rings. The van der Waals surface area contributed by atoms with E-state index in [9.17, 15) is 9.18 Å². The zero-order valence-electron chi connectivity index (χ0n) is 11.5. The van der Waals surface area contributed by atoms with Crippen LogP contribution < -0.4 is 5.32 Å². The number of hydrogen-bond acceptors (Lipinski definition) is 4. The standard InChI is InChI=1S/C15H12FN5O/c16-11-5-3-4-10(8-11)9-13(22)18-15-19-14(20-21-15)12-6-1-2-7-17-12/h1-8H,9H2,(H2,18,19,20,21,22). The van der Waals surface area contributed by atoms with E-state index < -0.39 is 0 Å². The van der Waals surface area contributed by atoms with Crippen LogP contribution in [0.25, 0.3) is 11.5 Å². The van der Waals surface area contributed by atoms with Crippen LogP contribution in [0.3, 0.4) is 0 Å². The number of carbonyl (C=O) groups is 1. The number of aromatic amines is 1. The summed E-state index contributed by atoms with van der Waals surface area (Å²) < 4.78 is 13.1. The van der Waals surface area contributed by atoms with Gasteiger partial charge in [-0.3, -0.25) is 15.1 Å². The van der Waals surface area contributed by atoms with E-state index in [0.717, 1.165) is 0 Å². The minimum absolute atomic E-state index is 0.0530. The van der Waals surface area contributed by atoms with Crippen molar-refractivity contribution >= 4 is 11.9 Å². The van der Waals surface area contributed by atoms with Crippen molar-refractivity contribution in [1.29, 1.82) is 0 Å². The van der Waals surface area contributed by atoms with Crippen LogP contribution in [0.5, 0.6) is 0 Å². The number of aromatic nitrogens is 4. The molecule has 0 saturated carbocycles. The molecule has 0 unspecified atom stereocenters. The highest BCUT2D eigenvalue weighted by Crippen LogP contribution is 2.12. The molecule has 6 nitrogen and oxygen atoms in total. The molecule has 0 bridgehead atoms. The molecular weight excluding hydrogens is 285 g/mol. The summed E-state index contributed by atoms with van der Waals surface area (Å²) in [4.78, 5) is 18.9. The van der Waals surface area contributed by atoms with E-state index in [0.29, 0.717) is 17.1 Å². The summed E-state index contributed by atoms with van der Waals surface area (Å²) in [5, 5.41) is 10.3. The summed E-state index contributed by atoms with van der Waals surface area (Å²) in [6, 6.07) is 11.3. The van der Waals surface area contributed by atoms with Gasteiger partial charge in [-0.15, -0.1) is 10.2 Å². The van der Waals surface area contributed by atoms with Crippen molar-refractivity contribution in [2.75, 3.05) is 5.32 Å². The van der Waals surface area contributed by atoms with Gasteiger partial charge in [0.25, 0.3) is 0 Å². The second-order valence-corrected chi connectivity index (χ2v) is 4.59.